The van der Waals surface area contributed by atoms with Crippen LogP contribution in [0, 0.1) is 17.3 Å². The lowest BCUT2D eigenvalue weighted by Crippen LogP contribution is -2.12. The molecule has 0 unspecified atom stereocenters. The molecule has 0 saturated heterocycles. The fourth-order valence-electron chi connectivity index (χ4n) is 0.607. The first kappa shape index (κ1) is 10.5. The first-order chi connectivity index (χ1) is 4.92. The van der Waals surface area contributed by atoms with Crippen LogP contribution in [0.25, 0.3) is 0 Å². The Morgan fingerprint density at radius 1 is 1.18 bits per heavy atom. The zero-order chi connectivity index (χ0) is 8.91. The molecule has 0 fully saturated rings. The SMILES string of the molecule is CN(C)CCC#CC(C)(C)C. The summed E-state index contributed by atoms with van der Waals surface area (Å²) in [6.07, 6.45) is 0.976. The molecule has 0 spiro atoms. The van der Waals surface area contributed by atoms with Gasteiger partial charge in [-0.3, -0.25) is 0 Å². The van der Waals surface area contributed by atoms with Gasteiger partial charge in [0, 0.05) is 18.4 Å². The number of hydrogen-bond donors (Lipinski definition) is 0. The van der Waals surface area contributed by atoms with E-state index in [9.17, 15) is 0 Å². The van der Waals surface area contributed by atoms with E-state index in [1.165, 1.54) is 0 Å². The molecule has 0 amide bonds. The predicted octanol–water partition coefficient (Wildman–Crippen LogP) is 1.99. The van der Waals surface area contributed by atoms with E-state index in [0.29, 0.717) is 0 Å². The molecule has 11 heavy (non-hydrogen) atoms. The first-order valence-corrected chi connectivity index (χ1v) is 4.06. The highest BCUT2D eigenvalue weighted by Crippen LogP contribution is 2.09. The molecule has 0 N–H and O–H groups in total. The minimum atomic E-state index is 0.159. The molecular weight excluding hydrogens is 134 g/mol. The van der Waals surface area contributed by atoms with Crippen LogP contribution in [-0.2, 0) is 0 Å². The molecule has 0 bridgehead atoms. The average molecular weight is 153 g/mol. The molecule has 0 aliphatic carbocycles. The van der Waals surface area contributed by atoms with E-state index in [0.717, 1.165) is 13.0 Å². The van der Waals surface area contributed by atoms with Crippen molar-refractivity contribution in [1.29, 1.82) is 0 Å². The Hall–Kier alpha value is -0.480. The largest absolute Gasteiger partial charge is 0.308 e. The standard InChI is InChI=1S/C10H19N/c1-10(2,3)8-6-7-9-11(4)5/h7,9H2,1-5H3. The first-order valence-electron chi connectivity index (χ1n) is 4.06. The lowest BCUT2D eigenvalue weighted by atomic mass is 9.98. The molecule has 64 valence electrons. The highest BCUT2D eigenvalue weighted by Gasteiger charge is 2.02. The fraction of sp³-hybridized carbons (Fsp3) is 0.800. The van der Waals surface area contributed by atoms with Gasteiger partial charge in [0.2, 0.25) is 0 Å². The Bertz CT molecular complexity index is 152. The Morgan fingerprint density at radius 2 is 1.73 bits per heavy atom. The van der Waals surface area contributed by atoms with Crippen LogP contribution in [0.5, 0.6) is 0 Å². The normalized spacial score (nSPS) is 11.1. The van der Waals surface area contributed by atoms with Gasteiger partial charge in [0.05, 0.1) is 0 Å². The van der Waals surface area contributed by atoms with Gasteiger partial charge in [-0.05, 0) is 34.9 Å². The number of rotatable bonds is 2. The summed E-state index contributed by atoms with van der Waals surface area (Å²) in [6, 6.07) is 0. The van der Waals surface area contributed by atoms with Crippen molar-refractivity contribution in [3.8, 4) is 11.8 Å². The molecule has 0 radical (unpaired) electrons. The van der Waals surface area contributed by atoms with E-state index in [2.05, 4.69) is 51.6 Å². The Morgan fingerprint density at radius 3 is 2.09 bits per heavy atom. The maximum absolute atomic E-state index is 3.20. The Kier molecular flexibility index (Phi) is 4.22. The number of nitrogens with zero attached hydrogens (tertiary/aromatic N) is 1. The predicted molar refractivity (Wildman–Crippen MR) is 50.4 cm³/mol. The van der Waals surface area contributed by atoms with E-state index in [-0.39, 0.29) is 5.41 Å². The minimum absolute atomic E-state index is 0.159. The van der Waals surface area contributed by atoms with E-state index in [1.807, 2.05) is 0 Å². The molecule has 0 aromatic rings. The third-order valence-electron chi connectivity index (χ3n) is 1.15. The van der Waals surface area contributed by atoms with Gasteiger partial charge in [0.15, 0.2) is 0 Å². The molecule has 1 nitrogen and oxygen atoms in total. The van der Waals surface area contributed by atoms with Crippen LogP contribution in [0.2, 0.25) is 0 Å². The number of hydrogen-bond acceptors (Lipinski definition) is 1. The van der Waals surface area contributed by atoms with Crippen molar-refractivity contribution in [2.75, 3.05) is 20.6 Å². The van der Waals surface area contributed by atoms with Gasteiger partial charge < -0.3 is 4.90 Å². The lowest BCUT2D eigenvalue weighted by Gasteiger charge is -2.08. The van der Waals surface area contributed by atoms with Gasteiger partial charge in [-0.25, -0.2) is 0 Å². The molecule has 1 heteroatoms. The van der Waals surface area contributed by atoms with Crippen LogP contribution in [0.15, 0.2) is 0 Å². The lowest BCUT2D eigenvalue weighted by molar-refractivity contribution is 0.419. The summed E-state index contributed by atoms with van der Waals surface area (Å²) in [5.41, 5.74) is 0.159. The molecule has 0 aliphatic heterocycles. The summed E-state index contributed by atoms with van der Waals surface area (Å²) < 4.78 is 0. The quantitative estimate of drug-likeness (QED) is 0.548. The van der Waals surface area contributed by atoms with Crippen molar-refractivity contribution in [3.05, 3.63) is 0 Å². The third-order valence-corrected chi connectivity index (χ3v) is 1.15. The van der Waals surface area contributed by atoms with Gasteiger partial charge in [-0.15, -0.1) is 5.92 Å². The van der Waals surface area contributed by atoms with Gasteiger partial charge in [-0.1, -0.05) is 5.92 Å². The van der Waals surface area contributed by atoms with E-state index in [4.69, 9.17) is 0 Å². The molecule has 0 saturated carbocycles. The van der Waals surface area contributed by atoms with Crippen LogP contribution < -0.4 is 0 Å². The van der Waals surface area contributed by atoms with Crippen molar-refractivity contribution in [2.45, 2.75) is 27.2 Å². The second-order valence-corrected chi connectivity index (χ2v) is 4.11. The molecular formula is C10H19N. The summed E-state index contributed by atoms with van der Waals surface area (Å²) >= 11 is 0. The summed E-state index contributed by atoms with van der Waals surface area (Å²) in [5.74, 6) is 6.37. The Labute approximate surface area is 70.8 Å². The van der Waals surface area contributed by atoms with Gasteiger partial charge >= 0.3 is 0 Å². The summed E-state index contributed by atoms with van der Waals surface area (Å²) in [6.45, 7) is 7.46. The molecule has 0 heterocycles. The van der Waals surface area contributed by atoms with Crippen LogP contribution >= 0.6 is 0 Å². The fourth-order valence-corrected chi connectivity index (χ4v) is 0.607. The smallest absolute Gasteiger partial charge is 0.0230 e. The third kappa shape index (κ3) is 9.52. The highest BCUT2D eigenvalue weighted by atomic mass is 15.0. The van der Waals surface area contributed by atoms with Gasteiger partial charge in [-0.2, -0.15) is 0 Å². The molecule has 0 aliphatic rings. The molecule has 0 aromatic heterocycles. The highest BCUT2D eigenvalue weighted by molar-refractivity contribution is 5.07. The van der Waals surface area contributed by atoms with Crippen molar-refractivity contribution in [1.82, 2.24) is 4.90 Å². The summed E-state index contributed by atoms with van der Waals surface area (Å²) in [5, 5.41) is 0. The second kappa shape index (κ2) is 4.41. The summed E-state index contributed by atoms with van der Waals surface area (Å²) in [4.78, 5) is 2.15. The maximum Gasteiger partial charge on any atom is 0.0230 e. The molecule has 0 atom stereocenters. The van der Waals surface area contributed by atoms with Crippen LogP contribution in [-0.4, -0.2) is 25.5 Å². The van der Waals surface area contributed by atoms with Crippen molar-refractivity contribution < 1.29 is 0 Å². The van der Waals surface area contributed by atoms with Crippen LogP contribution in [0.1, 0.15) is 27.2 Å². The Balaban J connectivity index is 3.57. The second-order valence-electron chi connectivity index (χ2n) is 4.11. The zero-order valence-corrected chi connectivity index (χ0v) is 8.36. The van der Waals surface area contributed by atoms with Gasteiger partial charge in [0.25, 0.3) is 0 Å². The van der Waals surface area contributed by atoms with Crippen molar-refractivity contribution in [2.24, 2.45) is 5.41 Å². The van der Waals surface area contributed by atoms with Crippen molar-refractivity contribution in [3.63, 3.8) is 0 Å². The monoisotopic (exact) mass is 153 g/mol. The van der Waals surface area contributed by atoms with E-state index >= 15 is 0 Å². The van der Waals surface area contributed by atoms with Crippen LogP contribution in [0.4, 0.5) is 0 Å². The minimum Gasteiger partial charge on any atom is -0.308 e. The summed E-state index contributed by atoms with van der Waals surface area (Å²) in [7, 11) is 4.14. The molecule has 0 rings (SSSR count). The maximum atomic E-state index is 3.20. The van der Waals surface area contributed by atoms with Crippen molar-refractivity contribution >= 4 is 0 Å². The zero-order valence-electron chi connectivity index (χ0n) is 8.36. The van der Waals surface area contributed by atoms with E-state index in [1.54, 1.807) is 0 Å². The topological polar surface area (TPSA) is 3.24 Å². The molecule has 0 aromatic carbocycles. The van der Waals surface area contributed by atoms with Gasteiger partial charge in [0.1, 0.15) is 0 Å². The van der Waals surface area contributed by atoms with Crippen LogP contribution in [0.3, 0.4) is 0 Å². The van der Waals surface area contributed by atoms with E-state index < -0.39 is 0 Å². The average Bonchev–Trinajstić information content (AvgIpc) is 1.78.